The molecule has 0 saturated heterocycles. The van der Waals surface area contributed by atoms with Gasteiger partial charge in [0, 0.05) is 30.7 Å². The summed E-state index contributed by atoms with van der Waals surface area (Å²) in [6.07, 6.45) is 1.90. The molecule has 2 aromatic heterocycles. The van der Waals surface area contributed by atoms with Gasteiger partial charge in [0.2, 0.25) is 0 Å². The third-order valence-electron chi connectivity index (χ3n) is 3.14. The van der Waals surface area contributed by atoms with Crippen LogP contribution in [0.2, 0.25) is 0 Å². The first kappa shape index (κ1) is 15.6. The Kier molecular flexibility index (Phi) is 5.41. The largest absolute Gasteiger partial charge is 0.481 e. The minimum Gasteiger partial charge on any atom is -0.481 e. The molecule has 2 rings (SSSR count). The van der Waals surface area contributed by atoms with Crippen LogP contribution in [0, 0.1) is 0 Å². The predicted molar refractivity (Wildman–Crippen MR) is 83.1 cm³/mol. The van der Waals surface area contributed by atoms with E-state index in [-0.39, 0.29) is 12.5 Å². The van der Waals surface area contributed by atoms with Crippen molar-refractivity contribution < 1.29 is 9.90 Å². The van der Waals surface area contributed by atoms with Crippen LogP contribution in [0.4, 0.5) is 0 Å². The van der Waals surface area contributed by atoms with Crippen molar-refractivity contribution in [3.63, 3.8) is 0 Å². The monoisotopic (exact) mass is 305 g/mol. The molecule has 0 aliphatic heterocycles. The minimum atomic E-state index is -0.770. The second-order valence-corrected chi connectivity index (χ2v) is 5.93. The highest BCUT2D eigenvalue weighted by Gasteiger charge is 2.14. The van der Waals surface area contributed by atoms with E-state index in [9.17, 15) is 4.79 Å². The summed E-state index contributed by atoms with van der Waals surface area (Å²) in [6, 6.07) is 6.04. The molecule has 2 heterocycles. The summed E-state index contributed by atoms with van der Waals surface area (Å²) in [6.45, 7) is 5.32. The number of carboxylic acids is 1. The summed E-state index contributed by atoms with van der Waals surface area (Å²) in [7, 11) is 0. The van der Waals surface area contributed by atoms with Crippen molar-refractivity contribution in [2.75, 3.05) is 6.54 Å². The molecule has 0 aliphatic rings. The summed E-state index contributed by atoms with van der Waals surface area (Å²) in [4.78, 5) is 21.7. The summed E-state index contributed by atoms with van der Waals surface area (Å²) in [5.41, 5.74) is 1.83. The summed E-state index contributed by atoms with van der Waals surface area (Å²) < 4.78 is 0. The van der Waals surface area contributed by atoms with Crippen LogP contribution in [0.1, 0.15) is 26.0 Å². The molecule has 6 heteroatoms. The minimum absolute atomic E-state index is 0.148. The fraction of sp³-hybridized carbons (Fsp3) is 0.400. The van der Waals surface area contributed by atoms with E-state index < -0.39 is 5.97 Å². The van der Waals surface area contributed by atoms with E-state index >= 15 is 0 Å². The maximum absolute atomic E-state index is 10.7. The number of rotatable bonds is 7. The Balaban J connectivity index is 2.04. The molecule has 2 aromatic rings. The average molecular weight is 305 g/mol. The van der Waals surface area contributed by atoms with E-state index in [4.69, 9.17) is 5.11 Å². The fourth-order valence-corrected chi connectivity index (χ4v) is 2.74. The molecular formula is C15H19N3O2S. The van der Waals surface area contributed by atoms with E-state index in [2.05, 4.69) is 28.7 Å². The molecule has 0 aromatic carbocycles. The van der Waals surface area contributed by atoms with Crippen LogP contribution < -0.4 is 0 Å². The molecule has 0 unspecified atom stereocenters. The molecule has 112 valence electrons. The molecule has 0 radical (unpaired) electrons. The van der Waals surface area contributed by atoms with Crippen LogP contribution in [0.25, 0.3) is 10.7 Å². The molecule has 0 aliphatic carbocycles. The lowest BCUT2D eigenvalue weighted by atomic mass is 10.2. The van der Waals surface area contributed by atoms with Gasteiger partial charge >= 0.3 is 5.97 Å². The molecule has 0 atom stereocenters. The van der Waals surface area contributed by atoms with E-state index in [1.807, 2.05) is 23.6 Å². The molecule has 0 spiro atoms. The van der Waals surface area contributed by atoms with Gasteiger partial charge in [0.15, 0.2) is 0 Å². The van der Waals surface area contributed by atoms with Gasteiger partial charge in [0.05, 0.1) is 17.8 Å². The highest BCUT2D eigenvalue weighted by molar-refractivity contribution is 7.13. The van der Waals surface area contributed by atoms with Crippen LogP contribution >= 0.6 is 11.3 Å². The second-order valence-electron chi connectivity index (χ2n) is 5.07. The van der Waals surface area contributed by atoms with Crippen LogP contribution in [0.3, 0.4) is 0 Å². The van der Waals surface area contributed by atoms with Gasteiger partial charge in [-0.15, -0.1) is 11.3 Å². The quantitative estimate of drug-likeness (QED) is 0.852. The third kappa shape index (κ3) is 4.61. The molecule has 0 fully saturated rings. The van der Waals surface area contributed by atoms with Gasteiger partial charge in [-0.3, -0.25) is 14.7 Å². The van der Waals surface area contributed by atoms with Crippen LogP contribution in [0.5, 0.6) is 0 Å². The Morgan fingerprint density at radius 1 is 1.43 bits per heavy atom. The number of nitrogens with zero attached hydrogens (tertiary/aromatic N) is 3. The van der Waals surface area contributed by atoms with Crippen molar-refractivity contribution in [2.45, 2.75) is 32.9 Å². The van der Waals surface area contributed by atoms with Crippen LogP contribution in [-0.2, 0) is 11.3 Å². The van der Waals surface area contributed by atoms with Gasteiger partial charge in [-0.25, -0.2) is 4.98 Å². The van der Waals surface area contributed by atoms with Gasteiger partial charge in [0.25, 0.3) is 0 Å². The van der Waals surface area contributed by atoms with Gasteiger partial charge < -0.3 is 5.11 Å². The van der Waals surface area contributed by atoms with Gasteiger partial charge in [-0.05, 0) is 26.0 Å². The molecule has 0 saturated carbocycles. The zero-order valence-corrected chi connectivity index (χ0v) is 13.0. The maximum atomic E-state index is 10.7. The Labute approximate surface area is 128 Å². The zero-order valence-electron chi connectivity index (χ0n) is 12.2. The van der Waals surface area contributed by atoms with Gasteiger partial charge in [0.1, 0.15) is 5.01 Å². The molecule has 1 N–H and O–H groups in total. The summed E-state index contributed by atoms with van der Waals surface area (Å²) in [5, 5.41) is 11.7. The lowest BCUT2D eigenvalue weighted by molar-refractivity contribution is -0.137. The van der Waals surface area contributed by atoms with Crippen molar-refractivity contribution >= 4 is 17.3 Å². The van der Waals surface area contributed by atoms with Crippen molar-refractivity contribution in [3.05, 3.63) is 35.5 Å². The first-order chi connectivity index (χ1) is 10.1. The van der Waals surface area contributed by atoms with E-state index in [1.165, 1.54) is 0 Å². The number of carbonyl (C=O) groups is 1. The number of thiazole rings is 1. The molecule has 21 heavy (non-hydrogen) atoms. The highest BCUT2D eigenvalue weighted by Crippen LogP contribution is 2.22. The maximum Gasteiger partial charge on any atom is 0.304 e. The van der Waals surface area contributed by atoms with Gasteiger partial charge in [-0.1, -0.05) is 6.07 Å². The number of carboxylic acid groups (broad SMARTS) is 1. The molecule has 0 bridgehead atoms. The summed E-state index contributed by atoms with van der Waals surface area (Å²) in [5.74, 6) is -0.770. The molecule has 5 nitrogen and oxygen atoms in total. The van der Waals surface area contributed by atoms with Crippen molar-refractivity contribution in [1.29, 1.82) is 0 Å². The first-order valence-corrected chi connectivity index (χ1v) is 7.76. The fourth-order valence-electron chi connectivity index (χ4n) is 1.95. The second kappa shape index (κ2) is 7.28. The van der Waals surface area contributed by atoms with E-state index in [1.54, 1.807) is 17.5 Å². The third-order valence-corrected chi connectivity index (χ3v) is 4.06. The number of hydrogen-bond donors (Lipinski definition) is 1. The van der Waals surface area contributed by atoms with Crippen molar-refractivity contribution in [3.8, 4) is 10.7 Å². The molecular weight excluding hydrogens is 286 g/mol. The van der Waals surface area contributed by atoms with Crippen LogP contribution in [0.15, 0.2) is 29.8 Å². The lowest BCUT2D eigenvalue weighted by Gasteiger charge is -2.24. The standard InChI is InChI=1S/C15H19N3O2S/c1-11(2)18(8-6-14(19)20)9-12-10-21-15(17-12)13-5-3-4-7-16-13/h3-5,7,10-11H,6,8-9H2,1-2H3,(H,19,20). The predicted octanol–water partition coefficient (Wildman–Crippen LogP) is 2.89. The van der Waals surface area contributed by atoms with Crippen molar-refractivity contribution in [1.82, 2.24) is 14.9 Å². The Bertz CT molecular complexity index is 584. The first-order valence-electron chi connectivity index (χ1n) is 6.88. The topological polar surface area (TPSA) is 66.3 Å². The number of hydrogen-bond acceptors (Lipinski definition) is 5. The van der Waals surface area contributed by atoms with Crippen LogP contribution in [-0.4, -0.2) is 38.5 Å². The average Bonchev–Trinajstić information content (AvgIpc) is 2.92. The Morgan fingerprint density at radius 2 is 2.24 bits per heavy atom. The Morgan fingerprint density at radius 3 is 2.86 bits per heavy atom. The number of aromatic nitrogens is 2. The normalized spacial score (nSPS) is 11.2. The van der Waals surface area contributed by atoms with E-state index in [0.29, 0.717) is 13.1 Å². The SMILES string of the molecule is CC(C)N(CCC(=O)O)Cc1csc(-c2ccccn2)n1. The van der Waals surface area contributed by atoms with E-state index in [0.717, 1.165) is 16.4 Å². The Hall–Kier alpha value is -1.79. The number of pyridine rings is 1. The smallest absolute Gasteiger partial charge is 0.304 e. The lowest BCUT2D eigenvalue weighted by Crippen LogP contribution is -2.32. The highest BCUT2D eigenvalue weighted by atomic mass is 32.1. The van der Waals surface area contributed by atoms with Gasteiger partial charge in [-0.2, -0.15) is 0 Å². The number of aliphatic carboxylic acids is 1. The molecule has 0 amide bonds. The zero-order chi connectivity index (χ0) is 15.2. The summed E-state index contributed by atoms with van der Waals surface area (Å²) >= 11 is 1.56. The van der Waals surface area contributed by atoms with Crippen molar-refractivity contribution in [2.24, 2.45) is 0 Å².